The molecule has 0 aromatic rings. The first-order valence-corrected chi connectivity index (χ1v) is 6.54. The molecule has 0 amide bonds. The second kappa shape index (κ2) is 4.16. The van der Waals surface area contributed by atoms with Crippen LogP contribution in [0.3, 0.4) is 0 Å². The lowest BCUT2D eigenvalue weighted by Crippen LogP contribution is -2.43. The molecule has 0 heterocycles. The smallest absolute Gasteiger partial charge is 0.216 e. The predicted octanol–water partition coefficient (Wildman–Crippen LogP) is 0.477. The van der Waals surface area contributed by atoms with Gasteiger partial charge >= 0.3 is 0 Å². The SMILES string of the molecule is CC(CO)S(=O)(=O)NCC1(C)CCC1. The lowest BCUT2D eigenvalue weighted by molar-refractivity contribution is 0.166. The Kier molecular flexibility index (Phi) is 3.55. The monoisotopic (exact) mass is 221 g/mol. The molecule has 14 heavy (non-hydrogen) atoms. The molecule has 0 radical (unpaired) electrons. The number of nitrogens with one attached hydrogen (secondary N) is 1. The standard InChI is InChI=1S/C9H19NO3S/c1-8(6-11)14(12,13)10-7-9(2)4-3-5-9/h8,10-11H,3-7H2,1-2H3. The molecule has 0 spiro atoms. The van der Waals surface area contributed by atoms with Crippen LogP contribution in [-0.2, 0) is 10.0 Å². The molecule has 1 unspecified atom stereocenters. The van der Waals surface area contributed by atoms with Gasteiger partial charge < -0.3 is 5.11 Å². The molecule has 1 rings (SSSR count). The first-order chi connectivity index (χ1) is 6.40. The molecule has 1 aliphatic rings. The molecule has 84 valence electrons. The van der Waals surface area contributed by atoms with Crippen molar-refractivity contribution in [1.82, 2.24) is 4.72 Å². The summed E-state index contributed by atoms with van der Waals surface area (Å²) in [6, 6.07) is 0. The summed E-state index contributed by atoms with van der Waals surface area (Å²) in [5, 5.41) is 8.04. The van der Waals surface area contributed by atoms with Crippen LogP contribution in [0.4, 0.5) is 0 Å². The van der Waals surface area contributed by atoms with Crippen LogP contribution in [0.5, 0.6) is 0 Å². The summed E-state index contributed by atoms with van der Waals surface area (Å²) in [5.74, 6) is 0. The van der Waals surface area contributed by atoms with Gasteiger partial charge in [0.25, 0.3) is 0 Å². The van der Waals surface area contributed by atoms with Crippen molar-refractivity contribution < 1.29 is 13.5 Å². The Morgan fingerprint density at radius 2 is 2.07 bits per heavy atom. The number of hydrogen-bond donors (Lipinski definition) is 2. The van der Waals surface area contributed by atoms with Gasteiger partial charge in [0.1, 0.15) is 0 Å². The zero-order chi connectivity index (χ0) is 10.8. The molecule has 2 N–H and O–H groups in total. The van der Waals surface area contributed by atoms with E-state index in [9.17, 15) is 8.42 Å². The Bertz CT molecular complexity index is 282. The van der Waals surface area contributed by atoms with Gasteiger partial charge in [-0.05, 0) is 25.2 Å². The molecule has 0 saturated heterocycles. The van der Waals surface area contributed by atoms with Gasteiger partial charge in [-0.25, -0.2) is 13.1 Å². The number of aliphatic hydroxyl groups excluding tert-OH is 1. The molecule has 0 aromatic carbocycles. The molecular formula is C9H19NO3S. The Labute approximate surface area is 85.8 Å². The van der Waals surface area contributed by atoms with Gasteiger partial charge in [0.05, 0.1) is 11.9 Å². The fourth-order valence-electron chi connectivity index (χ4n) is 1.47. The van der Waals surface area contributed by atoms with Crippen molar-refractivity contribution in [2.75, 3.05) is 13.2 Å². The van der Waals surface area contributed by atoms with Gasteiger partial charge in [-0.2, -0.15) is 0 Å². The predicted molar refractivity (Wildman–Crippen MR) is 55.4 cm³/mol. The average Bonchev–Trinajstić information content (AvgIpc) is 2.10. The van der Waals surface area contributed by atoms with Crippen LogP contribution < -0.4 is 4.72 Å². The van der Waals surface area contributed by atoms with Gasteiger partial charge in [0.2, 0.25) is 10.0 Å². The minimum absolute atomic E-state index is 0.141. The van der Waals surface area contributed by atoms with Crippen LogP contribution in [0.15, 0.2) is 0 Å². The van der Waals surface area contributed by atoms with E-state index in [4.69, 9.17) is 5.11 Å². The summed E-state index contributed by atoms with van der Waals surface area (Å²) in [6.07, 6.45) is 3.36. The van der Waals surface area contributed by atoms with Crippen molar-refractivity contribution >= 4 is 10.0 Å². The van der Waals surface area contributed by atoms with Gasteiger partial charge in [0.15, 0.2) is 0 Å². The van der Waals surface area contributed by atoms with Crippen molar-refractivity contribution in [2.24, 2.45) is 5.41 Å². The molecule has 1 fully saturated rings. The molecule has 4 nitrogen and oxygen atoms in total. The third-order valence-electron chi connectivity index (χ3n) is 3.05. The number of sulfonamides is 1. The Balaban J connectivity index is 2.44. The average molecular weight is 221 g/mol. The maximum Gasteiger partial charge on any atom is 0.216 e. The zero-order valence-corrected chi connectivity index (χ0v) is 9.60. The summed E-state index contributed by atoms with van der Waals surface area (Å²) in [4.78, 5) is 0. The molecule has 5 heteroatoms. The first-order valence-electron chi connectivity index (χ1n) is 4.99. The molecule has 1 saturated carbocycles. The summed E-state index contributed by atoms with van der Waals surface area (Å²) < 4.78 is 25.5. The van der Waals surface area contributed by atoms with Crippen LogP contribution in [0, 0.1) is 5.41 Å². The highest BCUT2D eigenvalue weighted by molar-refractivity contribution is 7.90. The third kappa shape index (κ3) is 2.68. The fourth-order valence-corrected chi connectivity index (χ4v) is 2.50. The van der Waals surface area contributed by atoms with Crippen LogP contribution >= 0.6 is 0 Å². The Hall–Kier alpha value is -0.130. The van der Waals surface area contributed by atoms with Crippen molar-refractivity contribution in [3.63, 3.8) is 0 Å². The summed E-state index contributed by atoms with van der Waals surface area (Å²) in [7, 11) is -3.32. The lowest BCUT2D eigenvalue weighted by Gasteiger charge is -2.38. The van der Waals surface area contributed by atoms with Crippen LogP contribution in [0.25, 0.3) is 0 Å². The highest BCUT2D eigenvalue weighted by Crippen LogP contribution is 2.39. The first kappa shape index (κ1) is 11.9. The zero-order valence-electron chi connectivity index (χ0n) is 8.78. The van der Waals surface area contributed by atoms with Gasteiger partial charge in [-0.1, -0.05) is 13.3 Å². The molecular weight excluding hydrogens is 202 g/mol. The summed E-state index contributed by atoms with van der Waals surface area (Å²) in [6.45, 7) is 3.76. The van der Waals surface area contributed by atoms with E-state index in [0.29, 0.717) is 6.54 Å². The number of hydrogen-bond acceptors (Lipinski definition) is 3. The van der Waals surface area contributed by atoms with Crippen LogP contribution in [0.1, 0.15) is 33.1 Å². The van der Waals surface area contributed by atoms with E-state index in [0.717, 1.165) is 12.8 Å². The number of aliphatic hydroxyl groups is 1. The highest BCUT2D eigenvalue weighted by Gasteiger charge is 2.33. The van der Waals surface area contributed by atoms with Gasteiger partial charge in [0, 0.05) is 6.54 Å². The minimum Gasteiger partial charge on any atom is -0.395 e. The van der Waals surface area contributed by atoms with Crippen molar-refractivity contribution in [3.05, 3.63) is 0 Å². The minimum atomic E-state index is -3.32. The summed E-state index contributed by atoms with van der Waals surface area (Å²) >= 11 is 0. The fraction of sp³-hybridized carbons (Fsp3) is 1.00. The normalized spacial score (nSPS) is 22.8. The van der Waals surface area contributed by atoms with E-state index in [1.807, 2.05) is 0 Å². The maximum atomic E-state index is 11.5. The van der Waals surface area contributed by atoms with Gasteiger partial charge in [-0.3, -0.25) is 0 Å². The maximum absolute atomic E-state index is 11.5. The molecule has 1 aliphatic carbocycles. The van der Waals surface area contributed by atoms with Crippen molar-refractivity contribution in [3.8, 4) is 0 Å². The van der Waals surface area contributed by atoms with E-state index in [1.54, 1.807) is 0 Å². The Morgan fingerprint density at radius 1 is 1.50 bits per heavy atom. The second-order valence-corrected chi connectivity index (χ2v) is 6.71. The molecule has 0 aliphatic heterocycles. The van der Waals surface area contributed by atoms with Crippen molar-refractivity contribution in [1.29, 1.82) is 0 Å². The van der Waals surface area contributed by atoms with Crippen molar-refractivity contribution in [2.45, 2.75) is 38.4 Å². The van der Waals surface area contributed by atoms with Crippen LogP contribution in [-0.4, -0.2) is 31.9 Å². The number of rotatable bonds is 5. The molecule has 0 aromatic heterocycles. The van der Waals surface area contributed by atoms with E-state index >= 15 is 0 Å². The highest BCUT2D eigenvalue weighted by atomic mass is 32.2. The quantitative estimate of drug-likeness (QED) is 0.709. The molecule has 1 atom stereocenters. The van der Waals surface area contributed by atoms with E-state index in [1.165, 1.54) is 13.3 Å². The second-order valence-electron chi connectivity index (χ2n) is 4.52. The topological polar surface area (TPSA) is 66.4 Å². The third-order valence-corrected chi connectivity index (χ3v) is 4.80. The summed E-state index contributed by atoms with van der Waals surface area (Å²) in [5.41, 5.74) is 0.141. The van der Waals surface area contributed by atoms with E-state index in [-0.39, 0.29) is 12.0 Å². The van der Waals surface area contributed by atoms with Gasteiger partial charge in [-0.15, -0.1) is 0 Å². The Morgan fingerprint density at radius 3 is 2.43 bits per heavy atom. The van der Waals surface area contributed by atoms with Crippen LogP contribution in [0.2, 0.25) is 0 Å². The largest absolute Gasteiger partial charge is 0.395 e. The lowest BCUT2D eigenvalue weighted by atomic mass is 9.71. The van der Waals surface area contributed by atoms with E-state index < -0.39 is 15.3 Å². The van der Waals surface area contributed by atoms with E-state index in [2.05, 4.69) is 11.6 Å². The molecule has 0 bridgehead atoms.